The molecule has 14 heavy (non-hydrogen) atoms. The first kappa shape index (κ1) is 10.8. The van der Waals surface area contributed by atoms with E-state index < -0.39 is 0 Å². The fourth-order valence-corrected chi connectivity index (χ4v) is 1.37. The summed E-state index contributed by atoms with van der Waals surface area (Å²) in [7, 11) is 3.84. The predicted octanol–water partition coefficient (Wildman–Crippen LogP) is 0.467. The highest BCUT2D eigenvalue weighted by atomic mass is 16.3. The minimum absolute atomic E-state index is 0.0250. The van der Waals surface area contributed by atoms with Crippen molar-refractivity contribution in [3.63, 3.8) is 0 Å². The van der Waals surface area contributed by atoms with Gasteiger partial charge in [-0.25, -0.2) is 0 Å². The molecule has 0 bridgehead atoms. The van der Waals surface area contributed by atoms with Gasteiger partial charge in [0.25, 0.3) is 0 Å². The Kier molecular flexibility index (Phi) is 3.30. The van der Waals surface area contributed by atoms with E-state index in [1.165, 1.54) is 6.07 Å². The summed E-state index contributed by atoms with van der Waals surface area (Å²) in [6.45, 7) is 3.38. The van der Waals surface area contributed by atoms with Gasteiger partial charge in [0.15, 0.2) is 11.9 Å². The zero-order valence-corrected chi connectivity index (χ0v) is 8.86. The molecule has 0 amide bonds. The van der Waals surface area contributed by atoms with Crippen LogP contribution in [-0.2, 0) is 13.1 Å². The number of nitrogens with zero attached hydrogens (tertiary/aromatic N) is 2. The van der Waals surface area contributed by atoms with Crippen molar-refractivity contribution in [2.24, 2.45) is 0 Å². The number of hydrogen-bond donors (Lipinski definition) is 2. The van der Waals surface area contributed by atoms with Crippen LogP contribution in [-0.4, -0.2) is 29.2 Å². The molecule has 0 saturated carbocycles. The van der Waals surface area contributed by atoms with Gasteiger partial charge < -0.3 is 10.2 Å². The summed E-state index contributed by atoms with van der Waals surface area (Å²) in [5.41, 5.74) is 0.734. The van der Waals surface area contributed by atoms with E-state index in [2.05, 4.69) is 0 Å². The van der Waals surface area contributed by atoms with Crippen LogP contribution < -0.4 is 4.57 Å². The van der Waals surface area contributed by atoms with E-state index in [1.807, 2.05) is 30.5 Å². The summed E-state index contributed by atoms with van der Waals surface area (Å²) in [6, 6.07) is 1.50. The lowest BCUT2D eigenvalue weighted by Gasteiger charge is -2.10. The van der Waals surface area contributed by atoms with Gasteiger partial charge in [-0.15, -0.1) is 0 Å². The number of aromatic hydroxyl groups is 2. The van der Waals surface area contributed by atoms with Crippen molar-refractivity contribution in [3.05, 3.63) is 18.0 Å². The molecule has 1 aromatic heterocycles. The molecule has 0 aliphatic heterocycles. The second-order valence-electron chi connectivity index (χ2n) is 3.52. The van der Waals surface area contributed by atoms with E-state index >= 15 is 0 Å². The van der Waals surface area contributed by atoms with Crippen molar-refractivity contribution < 1.29 is 14.8 Å². The van der Waals surface area contributed by atoms with Gasteiger partial charge in [0.1, 0.15) is 6.54 Å². The summed E-state index contributed by atoms with van der Waals surface area (Å²) in [6.07, 6.45) is 1.77. The number of pyridine rings is 1. The summed E-state index contributed by atoms with van der Waals surface area (Å²) in [5.74, 6) is -0.0883. The normalized spacial score (nSPS) is 10.9. The van der Waals surface area contributed by atoms with Gasteiger partial charge >= 0.3 is 0 Å². The topological polar surface area (TPSA) is 47.6 Å². The third-order valence-corrected chi connectivity index (χ3v) is 2.08. The average Bonchev–Trinajstić information content (AvgIpc) is 2.13. The molecule has 0 radical (unpaired) electrons. The van der Waals surface area contributed by atoms with E-state index in [0.717, 1.165) is 12.2 Å². The molecule has 4 heteroatoms. The molecule has 4 nitrogen and oxygen atoms in total. The van der Waals surface area contributed by atoms with Crippen molar-refractivity contribution in [2.45, 2.75) is 20.0 Å². The number of rotatable bonds is 3. The largest absolute Gasteiger partial charge is 0.504 e. The molecule has 0 aromatic carbocycles. The van der Waals surface area contributed by atoms with Gasteiger partial charge in [0, 0.05) is 6.07 Å². The molecule has 2 N–H and O–H groups in total. The molecule has 0 atom stereocenters. The van der Waals surface area contributed by atoms with E-state index in [4.69, 9.17) is 0 Å². The predicted molar refractivity (Wildman–Crippen MR) is 53.0 cm³/mol. The zero-order chi connectivity index (χ0) is 10.7. The maximum Gasteiger partial charge on any atom is 0.241 e. The molecule has 1 heterocycles. The minimum atomic E-state index is -0.0634. The first-order valence-corrected chi connectivity index (χ1v) is 4.64. The van der Waals surface area contributed by atoms with E-state index in [-0.39, 0.29) is 11.5 Å². The van der Waals surface area contributed by atoms with Gasteiger partial charge in [-0.05, 0) is 21.0 Å². The summed E-state index contributed by atoms with van der Waals surface area (Å²) in [4.78, 5) is 1.95. The SMILES string of the molecule is CC[n+]1ccc(O)c(O)c1CN(C)C. The zero-order valence-electron chi connectivity index (χ0n) is 8.86. The molecule has 0 unspecified atom stereocenters. The Labute approximate surface area is 84.0 Å². The van der Waals surface area contributed by atoms with E-state index in [9.17, 15) is 10.2 Å². The van der Waals surface area contributed by atoms with Crippen LogP contribution in [0.5, 0.6) is 11.5 Å². The average molecular weight is 197 g/mol. The lowest BCUT2D eigenvalue weighted by atomic mass is 10.2. The third kappa shape index (κ3) is 2.14. The number of aromatic nitrogens is 1. The summed E-state index contributed by atoms with van der Waals surface area (Å²) < 4.78 is 1.91. The van der Waals surface area contributed by atoms with Crippen molar-refractivity contribution in [2.75, 3.05) is 14.1 Å². The minimum Gasteiger partial charge on any atom is -0.504 e. The van der Waals surface area contributed by atoms with Crippen molar-refractivity contribution in [1.82, 2.24) is 4.90 Å². The van der Waals surface area contributed by atoms with Gasteiger partial charge in [0.2, 0.25) is 11.4 Å². The fourth-order valence-electron chi connectivity index (χ4n) is 1.37. The molecular formula is C10H17N2O2+. The lowest BCUT2D eigenvalue weighted by molar-refractivity contribution is -0.702. The van der Waals surface area contributed by atoms with Crippen LogP contribution >= 0.6 is 0 Å². The highest BCUT2D eigenvalue weighted by Gasteiger charge is 2.18. The standard InChI is InChI=1S/C10H16N2O2/c1-4-12-6-5-9(13)10(14)8(12)7-11(2)3/h5-6,14H,4,7H2,1-3H3/p+1. The van der Waals surface area contributed by atoms with Crippen LogP contribution in [0, 0.1) is 0 Å². The Morgan fingerprint density at radius 2 is 2.00 bits per heavy atom. The molecule has 0 saturated heterocycles. The van der Waals surface area contributed by atoms with Crippen LogP contribution in [0.3, 0.4) is 0 Å². The molecule has 0 spiro atoms. The Hall–Kier alpha value is -1.29. The Bertz CT molecular complexity index is 324. The van der Waals surface area contributed by atoms with Crippen LogP contribution in [0.1, 0.15) is 12.6 Å². The maximum absolute atomic E-state index is 9.66. The first-order chi connectivity index (χ1) is 6.56. The van der Waals surface area contributed by atoms with Crippen LogP contribution in [0.4, 0.5) is 0 Å². The van der Waals surface area contributed by atoms with Gasteiger partial charge in [-0.3, -0.25) is 4.90 Å². The fraction of sp³-hybridized carbons (Fsp3) is 0.500. The molecule has 1 rings (SSSR count). The van der Waals surface area contributed by atoms with Crippen LogP contribution in [0.2, 0.25) is 0 Å². The van der Waals surface area contributed by atoms with Crippen molar-refractivity contribution in [1.29, 1.82) is 0 Å². The van der Waals surface area contributed by atoms with E-state index in [1.54, 1.807) is 6.20 Å². The number of aryl methyl sites for hydroxylation is 1. The molecule has 1 aromatic rings. The van der Waals surface area contributed by atoms with Crippen LogP contribution in [0.25, 0.3) is 0 Å². The second kappa shape index (κ2) is 4.28. The van der Waals surface area contributed by atoms with Gasteiger partial charge in [-0.2, -0.15) is 4.57 Å². The Morgan fingerprint density at radius 3 is 2.50 bits per heavy atom. The second-order valence-corrected chi connectivity index (χ2v) is 3.52. The smallest absolute Gasteiger partial charge is 0.241 e. The highest BCUT2D eigenvalue weighted by molar-refractivity contribution is 5.37. The van der Waals surface area contributed by atoms with Crippen molar-refractivity contribution >= 4 is 0 Å². The molecule has 0 aliphatic carbocycles. The monoisotopic (exact) mass is 197 g/mol. The van der Waals surface area contributed by atoms with Crippen LogP contribution in [0.15, 0.2) is 12.3 Å². The van der Waals surface area contributed by atoms with E-state index in [0.29, 0.717) is 6.54 Å². The van der Waals surface area contributed by atoms with Gasteiger partial charge in [-0.1, -0.05) is 0 Å². The maximum atomic E-state index is 9.66. The quantitative estimate of drug-likeness (QED) is 0.692. The number of hydrogen-bond acceptors (Lipinski definition) is 3. The molecule has 0 aliphatic rings. The third-order valence-electron chi connectivity index (χ3n) is 2.08. The molecular weight excluding hydrogens is 180 g/mol. The summed E-state index contributed by atoms with van der Waals surface area (Å²) >= 11 is 0. The summed E-state index contributed by atoms with van der Waals surface area (Å²) in [5, 5.41) is 19.0. The Balaban J connectivity index is 3.14. The lowest BCUT2D eigenvalue weighted by Crippen LogP contribution is -2.38. The van der Waals surface area contributed by atoms with Gasteiger partial charge in [0.05, 0.1) is 6.54 Å². The molecule has 78 valence electrons. The first-order valence-electron chi connectivity index (χ1n) is 4.64. The van der Waals surface area contributed by atoms with Crippen molar-refractivity contribution in [3.8, 4) is 11.5 Å². The Morgan fingerprint density at radius 1 is 1.36 bits per heavy atom. The molecule has 0 fully saturated rings. The highest BCUT2D eigenvalue weighted by Crippen LogP contribution is 2.25.